The first-order valence-electron chi connectivity index (χ1n) is 4.31. The maximum absolute atomic E-state index is 4.21. The number of nitrogens with one attached hydrogen (secondary N) is 1. The molecule has 2 aromatic rings. The van der Waals surface area contributed by atoms with Crippen molar-refractivity contribution >= 4 is 11.9 Å². The summed E-state index contributed by atoms with van der Waals surface area (Å²) < 4.78 is 0. The molecule has 0 atom stereocenters. The van der Waals surface area contributed by atoms with Crippen LogP contribution in [0.2, 0.25) is 0 Å². The number of nitrogens with zero attached hydrogens (tertiary/aromatic N) is 3. The summed E-state index contributed by atoms with van der Waals surface area (Å²) in [5.41, 5.74) is 2.07. The number of imidazole rings is 1. The van der Waals surface area contributed by atoms with Crippen molar-refractivity contribution in [1.29, 1.82) is 0 Å². The maximum atomic E-state index is 4.21. The van der Waals surface area contributed by atoms with Gasteiger partial charge in [-0.25, -0.2) is 15.3 Å². The van der Waals surface area contributed by atoms with E-state index in [2.05, 4.69) is 20.3 Å². The highest BCUT2D eigenvalue weighted by Gasteiger charge is 2.14. The third-order valence-corrected chi connectivity index (χ3v) is 2.16. The highest BCUT2D eigenvalue weighted by molar-refractivity contribution is 5.79. The van der Waals surface area contributed by atoms with E-state index in [0.717, 1.165) is 22.8 Å². The fourth-order valence-corrected chi connectivity index (χ4v) is 1.53. The second-order valence-corrected chi connectivity index (χ2v) is 2.98. The van der Waals surface area contributed by atoms with Gasteiger partial charge in [-0.1, -0.05) is 0 Å². The van der Waals surface area contributed by atoms with Gasteiger partial charge in [0.2, 0.25) is 0 Å². The molecule has 0 amide bonds. The van der Waals surface area contributed by atoms with Gasteiger partial charge < -0.3 is 4.98 Å². The van der Waals surface area contributed by atoms with E-state index in [4.69, 9.17) is 0 Å². The quantitative estimate of drug-likeness (QED) is 0.731. The zero-order chi connectivity index (χ0) is 9.38. The van der Waals surface area contributed by atoms with Gasteiger partial charge in [0.1, 0.15) is 5.82 Å². The number of H-pyrrole nitrogens is 1. The Bertz CT molecular complexity index is 485. The van der Waals surface area contributed by atoms with Crippen LogP contribution in [0.4, 0.5) is 5.82 Å². The Balaban J connectivity index is 2.24. The van der Waals surface area contributed by atoms with Crippen LogP contribution < -0.4 is 5.32 Å². The van der Waals surface area contributed by atoms with Gasteiger partial charge in [-0.05, 0) is 12.1 Å². The second kappa shape index (κ2) is 2.70. The molecule has 1 radical (unpaired) electrons. The number of hydrogen-bond donors (Lipinski definition) is 1. The zero-order valence-corrected chi connectivity index (χ0v) is 7.31. The van der Waals surface area contributed by atoms with Crippen molar-refractivity contribution in [2.24, 2.45) is 0 Å². The highest BCUT2D eigenvalue weighted by Crippen LogP contribution is 2.29. The molecular weight excluding hydrogens is 176 g/mol. The van der Waals surface area contributed by atoms with Crippen molar-refractivity contribution in [2.75, 3.05) is 0 Å². The predicted octanol–water partition coefficient (Wildman–Crippen LogP) is 1.69. The van der Waals surface area contributed by atoms with Gasteiger partial charge in [-0.3, -0.25) is 0 Å². The van der Waals surface area contributed by atoms with Gasteiger partial charge in [0.05, 0.1) is 0 Å². The van der Waals surface area contributed by atoms with Gasteiger partial charge in [-0.15, -0.1) is 0 Å². The van der Waals surface area contributed by atoms with Crippen LogP contribution in [-0.4, -0.2) is 15.0 Å². The molecule has 0 bridgehead atoms. The molecule has 1 N–H and O–H groups in total. The Kier molecular flexibility index (Phi) is 1.41. The summed E-state index contributed by atoms with van der Waals surface area (Å²) in [5, 5.41) is 4.14. The Morgan fingerprint density at radius 1 is 1.14 bits per heavy atom. The van der Waals surface area contributed by atoms with Crippen molar-refractivity contribution in [3.63, 3.8) is 0 Å². The van der Waals surface area contributed by atoms with E-state index in [1.54, 1.807) is 24.8 Å². The molecule has 0 aromatic carbocycles. The SMILES string of the molecule is C1=Cc2c(-c3ncc[nH]3)ccnc2[N]1. The van der Waals surface area contributed by atoms with E-state index in [1.165, 1.54) is 0 Å². The molecule has 0 saturated heterocycles. The molecule has 0 saturated carbocycles. The fraction of sp³-hybridized carbons (Fsp3) is 0. The molecule has 2 aromatic heterocycles. The van der Waals surface area contributed by atoms with Crippen LogP contribution in [0.3, 0.4) is 0 Å². The van der Waals surface area contributed by atoms with Gasteiger partial charge in [0.15, 0.2) is 5.82 Å². The largest absolute Gasteiger partial charge is 0.345 e. The lowest BCUT2D eigenvalue weighted by Gasteiger charge is -2.02. The van der Waals surface area contributed by atoms with Gasteiger partial charge >= 0.3 is 0 Å². The highest BCUT2D eigenvalue weighted by atomic mass is 15.0. The average Bonchev–Trinajstić information content (AvgIpc) is 2.88. The molecule has 4 heteroatoms. The normalized spacial score (nSPS) is 12.6. The van der Waals surface area contributed by atoms with Crippen LogP contribution in [-0.2, 0) is 0 Å². The number of aromatic nitrogens is 3. The van der Waals surface area contributed by atoms with Crippen molar-refractivity contribution in [3.05, 3.63) is 36.4 Å². The molecular formula is C10H7N4. The summed E-state index contributed by atoms with van der Waals surface area (Å²) in [6.07, 6.45) is 8.98. The number of pyridine rings is 1. The molecule has 0 fully saturated rings. The molecule has 3 heterocycles. The number of hydrogen-bond acceptors (Lipinski definition) is 2. The Morgan fingerprint density at radius 3 is 3.00 bits per heavy atom. The van der Waals surface area contributed by atoms with E-state index in [1.807, 2.05) is 12.1 Å². The van der Waals surface area contributed by atoms with Crippen LogP contribution in [0.5, 0.6) is 0 Å². The minimum atomic E-state index is 0.763. The van der Waals surface area contributed by atoms with E-state index in [9.17, 15) is 0 Å². The van der Waals surface area contributed by atoms with Crippen LogP contribution in [0, 0.1) is 0 Å². The number of aromatic amines is 1. The van der Waals surface area contributed by atoms with Gasteiger partial charge in [-0.2, -0.15) is 0 Å². The summed E-state index contributed by atoms with van der Waals surface area (Å²) in [6, 6.07) is 1.93. The van der Waals surface area contributed by atoms with E-state index < -0.39 is 0 Å². The summed E-state index contributed by atoms with van der Waals surface area (Å²) in [5.74, 6) is 1.62. The summed E-state index contributed by atoms with van der Waals surface area (Å²) in [7, 11) is 0. The lowest BCUT2D eigenvalue weighted by Crippen LogP contribution is -1.90. The summed E-state index contributed by atoms with van der Waals surface area (Å²) in [4.78, 5) is 11.4. The van der Waals surface area contributed by atoms with E-state index in [0.29, 0.717) is 0 Å². The van der Waals surface area contributed by atoms with Gasteiger partial charge in [0, 0.05) is 35.9 Å². The molecule has 67 valence electrons. The molecule has 3 rings (SSSR count). The summed E-state index contributed by atoms with van der Waals surface area (Å²) in [6.45, 7) is 0. The molecule has 0 unspecified atom stereocenters. The van der Waals surface area contributed by atoms with E-state index >= 15 is 0 Å². The molecule has 0 aliphatic carbocycles. The number of fused-ring (bicyclic) bond motifs is 1. The Hall–Kier alpha value is -2.10. The minimum Gasteiger partial charge on any atom is -0.345 e. The molecule has 0 spiro atoms. The van der Waals surface area contributed by atoms with Crippen molar-refractivity contribution in [2.45, 2.75) is 0 Å². The van der Waals surface area contributed by atoms with E-state index in [-0.39, 0.29) is 0 Å². The van der Waals surface area contributed by atoms with Gasteiger partial charge in [0.25, 0.3) is 0 Å². The topological polar surface area (TPSA) is 55.7 Å². The first kappa shape index (κ1) is 7.32. The minimum absolute atomic E-state index is 0.763. The third-order valence-electron chi connectivity index (χ3n) is 2.16. The monoisotopic (exact) mass is 183 g/mol. The number of rotatable bonds is 1. The van der Waals surface area contributed by atoms with Crippen LogP contribution in [0.25, 0.3) is 17.5 Å². The molecule has 14 heavy (non-hydrogen) atoms. The first-order chi connectivity index (χ1) is 6.95. The van der Waals surface area contributed by atoms with Crippen LogP contribution in [0.1, 0.15) is 5.56 Å². The van der Waals surface area contributed by atoms with Crippen LogP contribution >= 0.6 is 0 Å². The molecule has 1 aliphatic heterocycles. The zero-order valence-electron chi connectivity index (χ0n) is 7.31. The molecule has 4 nitrogen and oxygen atoms in total. The molecule has 1 aliphatic rings. The van der Waals surface area contributed by atoms with Crippen LogP contribution in [0.15, 0.2) is 30.9 Å². The average molecular weight is 183 g/mol. The maximum Gasteiger partial charge on any atom is 0.159 e. The lowest BCUT2D eigenvalue weighted by atomic mass is 10.1. The lowest BCUT2D eigenvalue weighted by molar-refractivity contribution is 1.11. The van der Waals surface area contributed by atoms with Crippen molar-refractivity contribution in [1.82, 2.24) is 20.3 Å². The van der Waals surface area contributed by atoms with Crippen molar-refractivity contribution < 1.29 is 0 Å². The fourth-order valence-electron chi connectivity index (χ4n) is 1.53. The Morgan fingerprint density at radius 2 is 2.14 bits per heavy atom. The third kappa shape index (κ3) is 0.939. The standard InChI is InChI=1S/C10H7N4/c1-3-11-9-7(1)8(2-4-12-9)10-13-5-6-14-10/h1-6H,(H,13,14). The predicted molar refractivity (Wildman–Crippen MR) is 52.6 cm³/mol. The Labute approximate surface area is 80.7 Å². The van der Waals surface area contributed by atoms with Crippen molar-refractivity contribution in [3.8, 4) is 11.4 Å². The second-order valence-electron chi connectivity index (χ2n) is 2.98. The summed E-state index contributed by atoms with van der Waals surface area (Å²) >= 11 is 0. The smallest absolute Gasteiger partial charge is 0.159 e. The first-order valence-corrected chi connectivity index (χ1v) is 4.31.